The predicted molar refractivity (Wildman–Crippen MR) is 88.0 cm³/mol. The first-order chi connectivity index (χ1) is 10.3. The van der Waals surface area contributed by atoms with Gasteiger partial charge in [0.1, 0.15) is 0 Å². The first kappa shape index (κ1) is 14.2. The van der Waals surface area contributed by atoms with E-state index in [2.05, 4.69) is 6.07 Å². The molecule has 0 spiro atoms. The van der Waals surface area contributed by atoms with Crippen molar-refractivity contribution in [3.8, 4) is 0 Å². The highest BCUT2D eigenvalue weighted by molar-refractivity contribution is 7.99. The van der Waals surface area contributed by atoms with Crippen molar-refractivity contribution in [3.63, 3.8) is 0 Å². The van der Waals surface area contributed by atoms with Crippen LogP contribution in [0.2, 0.25) is 0 Å². The maximum absolute atomic E-state index is 12.7. The molecular weight excluding hydrogens is 280 g/mol. The van der Waals surface area contributed by atoms with Gasteiger partial charge in [-0.15, -0.1) is 11.8 Å². The summed E-state index contributed by atoms with van der Waals surface area (Å²) in [5.74, 6) is 1.01. The molecule has 0 bridgehead atoms. The highest BCUT2D eigenvalue weighted by Gasteiger charge is 2.23. The third-order valence-electron chi connectivity index (χ3n) is 3.61. The Hall–Kier alpha value is -1.78. The minimum Gasteiger partial charge on any atom is -0.330 e. The number of carbonyl (C=O) groups excluding carboxylic acids is 1. The number of para-hydroxylation sites is 1. The molecule has 0 unspecified atom stereocenters. The minimum atomic E-state index is 0.0713. The zero-order chi connectivity index (χ0) is 14.7. The molecule has 0 atom stereocenters. The zero-order valence-electron chi connectivity index (χ0n) is 11.8. The molecule has 3 nitrogen and oxygen atoms in total. The van der Waals surface area contributed by atoms with Gasteiger partial charge in [-0.2, -0.15) is 0 Å². The SMILES string of the molecule is NCCc1ccc(C(=O)N2CCSc3ccccc32)cc1. The predicted octanol–water partition coefficient (Wildman–Crippen LogP) is 2.94. The third kappa shape index (κ3) is 2.96. The van der Waals surface area contributed by atoms with Gasteiger partial charge in [-0.25, -0.2) is 0 Å². The molecule has 108 valence electrons. The maximum atomic E-state index is 12.7. The topological polar surface area (TPSA) is 46.3 Å². The van der Waals surface area contributed by atoms with E-state index in [4.69, 9.17) is 5.73 Å². The first-order valence-electron chi connectivity index (χ1n) is 7.12. The highest BCUT2D eigenvalue weighted by atomic mass is 32.2. The van der Waals surface area contributed by atoms with Crippen LogP contribution in [0.5, 0.6) is 0 Å². The zero-order valence-corrected chi connectivity index (χ0v) is 12.6. The van der Waals surface area contributed by atoms with Gasteiger partial charge in [0.05, 0.1) is 5.69 Å². The van der Waals surface area contributed by atoms with Gasteiger partial charge >= 0.3 is 0 Å². The number of nitrogens with two attached hydrogens (primary N) is 1. The monoisotopic (exact) mass is 298 g/mol. The van der Waals surface area contributed by atoms with Crippen LogP contribution >= 0.6 is 11.8 Å². The average molecular weight is 298 g/mol. The molecule has 1 heterocycles. The van der Waals surface area contributed by atoms with Crippen LogP contribution in [0.1, 0.15) is 15.9 Å². The number of anilines is 1. The summed E-state index contributed by atoms with van der Waals surface area (Å²) in [6.07, 6.45) is 0.845. The lowest BCUT2D eigenvalue weighted by Gasteiger charge is -2.29. The number of fused-ring (bicyclic) bond motifs is 1. The van der Waals surface area contributed by atoms with E-state index in [1.165, 1.54) is 10.5 Å². The second kappa shape index (κ2) is 6.33. The number of benzene rings is 2. The van der Waals surface area contributed by atoms with Crippen molar-refractivity contribution in [2.75, 3.05) is 23.7 Å². The third-order valence-corrected chi connectivity index (χ3v) is 4.65. The molecule has 21 heavy (non-hydrogen) atoms. The van der Waals surface area contributed by atoms with Crippen molar-refractivity contribution in [1.29, 1.82) is 0 Å². The number of amides is 1. The Kier molecular flexibility index (Phi) is 4.27. The lowest BCUT2D eigenvalue weighted by atomic mass is 10.1. The second-order valence-electron chi connectivity index (χ2n) is 5.01. The molecule has 0 aromatic heterocycles. The second-order valence-corrected chi connectivity index (χ2v) is 6.15. The van der Waals surface area contributed by atoms with Crippen LogP contribution in [0, 0.1) is 0 Å². The molecule has 1 amide bonds. The molecule has 0 saturated carbocycles. The minimum absolute atomic E-state index is 0.0713. The molecule has 1 aliphatic rings. The summed E-state index contributed by atoms with van der Waals surface area (Å²) >= 11 is 1.81. The van der Waals surface area contributed by atoms with Crippen molar-refractivity contribution in [1.82, 2.24) is 0 Å². The van der Waals surface area contributed by atoms with E-state index in [-0.39, 0.29) is 5.91 Å². The molecule has 0 aliphatic carbocycles. The Morgan fingerprint density at radius 1 is 1.14 bits per heavy atom. The quantitative estimate of drug-likeness (QED) is 0.947. The van der Waals surface area contributed by atoms with E-state index in [1.807, 2.05) is 47.4 Å². The van der Waals surface area contributed by atoms with Crippen LogP contribution in [-0.4, -0.2) is 24.7 Å². The summed E-state index contributed by atoms with van der Waals surface area (Å²) in [7, 11) is 0. The smallest absolute Gasteiger partial charge is 0.258 e. The van der Waals surface area contributed by atoms with E-state index in [0.717, 1.165) is 30.0 Å². The molecule has 2 N–H and O–H groups in total. The van der Waals surface area contributed by atoms with E-state index in [1.54, 1.807) is 11.8 Å². The van der Waals surface area contributed by atoms with Gasteiger partial charge in [0.15, 0.2) is 0 Å². The molecule has 0 radical (unpaired) electrons. The van der Waals surface area contributed by atoms with Gasteiger partial charge in [0, 0.05) is 22.8 Å². The average Bonchev–Trinajstić information content (AvgIpc) is 2.55. The fourth-order valence-corrected chi connectivity index (χ4v) is 3.51. The lowest BCUT2D eigenvalue weighted by Crippen LogP contribution is -2.35. The van der Waals surface area contributed by atoms with Crippen LogP contribution in [0.25, 0.3) is 0 Å². The Balaban J connectivity index is 1.86. The lowest BCUT2D eigenvalue weighted by molar-refractivity contribution is 0.0987. The van der Waals surface area contributed by atoms with Crippen molar-refractivity contribution >= 4 is 23.4 Å². The number of hydrogen-bond acceptors (Lipinski definition) is 3. The van der Waals surface area contributed by atoms with Crippen LogP contribution in [0.3, 0.4) is 0 Å². The fourth-order valence-electron chi connectivity index (χ4n) is 2.52. The number of carbonyl (C=O) groups is 1. The molecule has 2 aromatic rings. The number of rotatable bonds is 3. The van der Waals surface area contributed by atoms with Gasteiger partial charge in [-0.1, -0.05) is 24.3 Å². The van der Waals surface area contributed by atoms with E-state index in [9.17, 15) is 4.79 Å². The van der Waals surface area contributed by atoms with Crippen molar-refractivity contribution in [2.45, 2.75) is 11.3 Å². The summed E-state index contributed by atoms with van der Waals surface area (Å²) in [6, 6.07) is 15.9. The van der Waals surface area contributed by atoms with Crippen molar-refractivity contribution in [2.24, 2.45) is 5.73 Å². The normalized spacial score (nSPS) is 13.9. The van der Waals surface area contributed by atoms with Crippen molar-refractivity contribution in [3.05, 3.63) is 59.7 Å². The number of nitrogens with zero attached hydrogens (tertiary/aromatic N) is 1. The molecule has 3 rings (SSSR count). The Bertz CT molecular complexity index is 639. The van der Waals surface area contributed by atoms with E-state index < -0.39 is 0 Å². The standard InChI is InChI=1S/C17H18N2OS/c18-10-9-13-5-7-14(8-6-13)17(20)19-11-12-21-16-4-2-1-3-15(16)19/h1-8H,9-12,18H2. The summed E-state index contributed by atoms with van der Waals surface area (Å²) in [5, 5.41) is 0. The Morgan fingerprint density at radius 3 is 2.67 bits per heavy atom. The Labute approximate surface area is 129 Å². The number of thioether (sulfide) groups is 1. The summed E-state index contributed by atoms with van der Waals surface area (Å²) < 4.78 is 0. The van der Waals surface area contributed by atoms with Crippen LogP contribution in [0.4, 0.5) is 5.69 Å². The summed E-state index contributed by atoms with van der Waals surface area (Å²) in [4.78, 5) is 15.8. The summed E-state index contributed by atoms with van der Waals surface area (Å²) in [6.45, 7) is 1.38. The fraction of sp³-hybridized carbons (Fsp3) is 0.235. The van der Waals surface area contributed by atoms with Gasteiger partial charge in [0.25, 0.3) is 5.91 Å². The van der Waals surface area contributed by atoms with Crippen LogP contribution < -0.4 is 10.6 Å². The molecule has 0 saturated heterocycles. The van der Waals surface area contributed by atoms with Crippen LogP contribution in [0.15, 0.2) is 53.4 Å². The molecule has 4 heteroatoms. The van der Waals surface area contributed by atoms with Gasteiger partial charge < -0.3 is 10.6 Å². The molecule has 0 fully saturated rings. The number of hydrogen-bond donors (Lipinski definition) is 1. The first-order valence-corrected chi connectivity index (χ1v) is 8.11. The van der Waals surface area contributed by atoms with Gasteiger partial charge in [-0.3, -0.25) is 4.79 Å². The summed E-state index contributed by atoms with van der Waals surface area (Å²) in [5.41, 5.74) is 8.47. The molecular formula is C17H18N2OS. The van der Waals surface area contributed by atoms with Crippen molar-refractivity contribution < 1.29 is 4.79 Å². The largest absolute Gasteiger partial charge is 0.330 e. The van der Waals surface area contributed by atoms with Crippen LogP contribution in [-0.2, 0) is 6.42 Å². The van der Waals surface area contributed by atoms with Gasteiger partial charge in [0.2, 0.25) is 0 Å². The van der Waals surface area contributed by atoms with E-state index >= 15 is 0 Å². The van der Waals surface area contributed by atoms with Gasteiger partial charge in [-0.05, 0) is 42.8 Å². The van der Waals surface area contributed by atoms with E-state index in [0.29, 0.717) is 6.54 Å². The molecule has 2 aromatic carbocycles. The Morgan fingerprint density at radius 2 is 1.90 bits per heavy atom. The maximum Gasteiger partial charge on any atom is 0.258 e. The highest BCUT2D eigenvalue weighted by Crippen LogP contribution is 2.35. The molecule has 1 aliphatic heterocycles.